The van der Waals surface area contributed by atoms with Gasteiger partial charge >= 0.3 is 0 Å². The second-order valence-electron chi connectivity index (χ2n) is 3.68. The molecule has 0 saturated heterocycles. The second kappa shape index (κ2) is 4.61. The predicted octanol–water partition coefficient (Wildman–Crippen LogP) is 0.879. The molecule has 6 nitrogen and oxygen atoms in total. The number of anilines is 1. The number of aromatic nitrogens is 2. The number of sulfonamides is 1. The molecule has 0 aliphatic heterocycles. The number of nitrogens with zero attached hydrogens (tertiary/aromatic N) is 1. The number of nitrogens with one attached hydrogen (secondary N) is 2. The monoisotopic (exact) mass is 265 g/mol. The highest BCUT2D eigenvalue weighted by atomic mass is 32.2. The first-order chi connectivity index (χ1) is 8.49. The van der Waals surface area contributed by atoms with Gasteiger partial charge < -0.3 is 4.98 Å². The lowest BCUT2D eigenvalue weighted by molar-refractivity contribution is 0.600. The summed E-state index contributed by atoms with van der Waals surface area (Å²) in [6.45, 7) is 1.77. The topological polar surface area (TPSA) is 91.9 Å². The lowest BCUT2D eigenvalue weighted by atomic mass is 10.3. The van der Waals surface area contributed by atoms with Crippen molar-refractivity contribution in [3.05, 3.63) is 52.7 Å². The van der Waals surface area contributed by atoms with E-state index in [1.807, 2.05) is 0 Å². The molecular formula is C11H11N3O3S. The number of pyridine rings is 2. The van der Waals surface area contributed by atoms with Crippen molar-refractivity contribution in [3.8, 4) is 0 Å². The molecule has 2 rings (SSSR count). The van der Waals surface area contributed by atoms with Gasteiger partial charge in [-0.1, -0.05) is 0 Å². The average molecular weight is 265 g/mol. The molecule has 0 aliphatic rings. The van der Waals surface area contributed by atoms with Crippen LogP contribution < -0.4 is 10.3 Å². The highest BCUT2D eigenvalue weighted by Crippen LogP contribution is 2.16. The van der Waals surface area contributed by atoms with Crippen molar-refractivity contribution in [2.45, 2.75) is 11.8 Å². The molecular weight excluding hydrogens is 254 g/mol. The maximum absolute atomic E-state index is 12.0. The van der Waals surface area contributed by atoms with Crippen molar-refractivity contribution in [1.29, 1.82) is 0 Å². The Kier molecular flexibility index (Phi) is 3.15. The van der Waals surface area contributed by atoms with Crippen molar-refractivity contribution < 1.29 is 8.42 Å². The van der Waals surface area contributed by atoms with Crippen molar-refractivity contribution in [1.82, 2.24) is 9.97 Å². The fraction of sp³-hybridized carbons (Fsp3) is 0.0909. The van der Waals surface area contributed by atoms with Crippen molar-refractivity contribution in [2.75, 3.05) is 4.72 Å². The van der Waals surface area contributed by atoms with Gasteiger partial charge in [0, 0.05) is 18.5 Å². The smallest absolute Gasteiger partial charge is 0.263 e. The largest absolute Gasteiger partial charge is 0.328 e. The van der Waals surface area contributed by atoms with Crippen LogP contribution in [0.5, 0.6) is 0 Å². The fourth-order valence-electron chi connectivity index (χ4n) is 1.34. The van der Waals surface area contributed by atoms with E-state index in [1.54, 1.807) is 19.2 Å². The van der Waals surface area contributed by atoms with Gasteiger partial charge in [0.2, 0.25) is 5.56 Å². The number of aryl methyl sites for hydroxylation is 1. The van der Waals surface area contributed by atoms with Crippen LogP contribution in [0.3, 0.4) is 0 Å². The Morgan fingerprint density at radius 1 is 1.28 bits per heavy atom. The Labute approximate surface area is 104 Å². The Morgan fingerprint density at radius 2 is 2.06 bits per heavy atom. The van der Waals surface area contributed by atoms with Crippen LogP contribution in [-0.4, -0.2) is 18.4 Å². The summed E-state index contributed by atoms with van der Waals surface area (Å²) in [7, 11) is -3.71. The van der Waals surface area contributed by atoms with E-state index in [2.05, 4.69) is 14.7 Å². The maximum Gasteiger partial charge on any atom is 0.263 e. The van der Waals surface area contributed by atoms with Crippen molar-refractivity contribution >= 4 is 15.7 Å². The van der Waals surface area contributed by atoms with Crippen LogP contribution in [0.25, 0.3) is 0 Å². The Bertz CT molecular complexity index is 702. The van der Waals surface area contributed by atoms with E-state index in [0.29, 0.717) is 5.69 Å². The Hall–Kier alpha value is -2.15. The van der Waals surface area contributed by atoms with Gasteiger partial charge in [0.05, 0.1) is 11.9 Å². The van der Waals surface area contributed by atoms with E-state index in [-0.39, 0.29) is 10.5 Å². The molecule has 0 bridgehead atoms. The van der Waals surface area contributed by atoms with Crippen LogP contribution in [0, 0.1) is 6.92 Å². The summed E-state index contributed by atoms with van der Waals surface area (Å²) in [6, 6.07) is 4.10. The molecule has 18 heavy (non-hydrogen) atoms. The van der Waals surface area contributed by atoms with Crippen LogP contribution >= 0.6 is 0 Å². The van der Waals surface area contributed by atoms with Gasteiger partial charge in [0.1, 0.15) is 4.90 Å². The molecule has 2 N–H and O–H groups in total. The second-order valence-corrected chi connectivity index (χ2v) is 5.37. The van der Waals surface area contributed by atoms with Gasteiger partial charge in [-0.25, -0.2) is 8.42 Å². The van der Waals surface area contributed by atoms with E-state index in [1.165, 1.54) is 12.3 Å². The summed E-state index contributed by atoms with van der Waals surface area (Å²) >= 11 is 0. The number of hydrogen-bond acceptors (Lipinski definition) is 4. The number of H-pyrrole nitrogens is 1. The predicted molar refractivity (Wildman–Crippen MR) is 66.8 cm³/mol. The molecule has 0 spiro atoms. The normalized spacial score (nSPS) is 11.2. The molecule has 0 amide bonds. The zero-order valence-corrected chi connectivity index (χ0v) is 10.4. The van der Waals surface area contributed by atoms with E-state index in [0.717, 1.165) is 17.8 Å². The summed E-state index contributed by atoms with van der Waals surface area (Å²) in [4.78, 5) is 17.0. The third-order valence-corrected chi connectivity index (χ3v) is 3.71. The van der Waals surface area contributed by atoms with Crippen molar-refractivity contribution in [3.63, 3.8) is 0 Å². The van der Waals surface area contributed by atoms with E-state index < -0.39 is 10.0 Å². The van der Waals surface area contributed by atoms with Crippen LogP contribution in [0.15, 0.2) is 46.5 Å². The maximum atomic E-state index is 12.0. The third-order valence-electron chi connectivity index (χ3n) is 2.35. The van der Waals surface area contributed by atoms with Crippen molar-refractivity contribution in [2.24, 2.45) is 0 Å². The molecule has 7 heteroatoms. The summed E-state index contributed by atoms with van der Waals surface area (Å²) in [5.74, 6) is 0. The van der Waals surface area contributed by atoms with Crippen LogP contribution in [-0.2, 0) is 10.0 Å². The zero-order valence-electron chi connectivity index (χ0n) is 9.54. The van der Waals surface area contributed by atoms with Crippen LogP contribution in [0.4, 0.5) is 5.69 Å². The van der Waals surface area contributed by atoms with E-state index in [4.69, 9.17) is 0 Å². The lowest BCUT2D eigenvalue weighted by Crippen LogP contribution is -2.15. The SMILES string of the molecule is Cc1ccncc1NS(=O)(=O)c1ccc(=O)[nH]c1. The molecule has 94 valence electrons. The molecule has 0 unspecified atom stereocenters. The molecule has 0 atom stereocenters. The number of aromatic amines is 1. The summed E-state index contributed by atoms with van der Waals surface area (Å²) in [5, 5.41) is 0. The summed E-state index contributed by atoms with van der Waals surface area (Å²) < 4.78 is 26.4. The molecule has 0 fully saturated rings. The number of hydrogen-bond donors (Lipinski definition) is 2. The minimum absolute atomic E-state index is 0.00893. The lowest BCUT2D eigenvalue weighted by Gasteiger charge is -2.09. The standard InChI is InChI=1S/C11H11N3O3S/c1-8-4-5-12-7-10(8)14-18(16,17)9-2-3-11(15)13-6-9/h2-7,14H,1H3,(H,13,15). The van der Waals surface area contributed by atoms with Gasteiger partial charge in [0.25, 0.3) is 10.0 Å². The zero-order chi connectivity index (χ0) is 13.2. The van der Waals surface area contributed by atoms with Gasteiger partial charge in [-0.2, -0.15) is 0 Å². The molecule has 0 radical (unpaired) electrons. The Balaban J connectivity index is 2.36. The molecule has 2 heterocycles. The summed E-state index contributed by atoms with van der Waals surface area (Å²) in [5.41, 5.74) is 0.813. The van der Waals surface area contributed by atoms with Crippen LogP contribution in [0.2, 0.25) is 0 Å². The molecule has 0 aromatic carbocycles. The van der Waals surface area contributed by atoms with E-state index >= 15 is 0 Å². The van der Waals surface area contributed by atoms with Gasteiger partial charge in [-0.05, 0) is 24.6 Å². The van der Waals surface area contributed by atoms with Gasteiger partial charge in [-0.3, -0.25) is 14.5 Å². The van der Waals surface area contributed by atoms with Gasteiger partial charge in [-0.15, -0.1) is 0 Å². The van der Waals surface area contributed by atoms with E-state index in [9.17, 15) is 13.2 Å². The fourth-order valence-corrected chi connectivity index (χ4v) is 2.42. The highest BCUT2D eigenvalue weighted by molar-refractivity contribution is 7.92. The first-order valence-corrected chi connectivity index (χ1v) is 6.59. The van der Waals surface area contributed by atoms with Gasteiger partial charge in [0.15, 0.2) is 0 Å². The molecule has 0 aliphatic carbocycles. The first-order valence-electron chi connectivity index (χ1n) is 5.11. The minimum atomic E-state index is -3.71. The summed E-state index contributed by atoms with van der Waals surface area (Å²) in [6.07, 6.45) is 4.15. The highest BCUT2D eigenvalue weighted by Gasteiger charge is 2.15. The molecule has 2 aromatic heterocycles. The Morgan fingerprint density at radius 3 is 2.67 bits per heavy atom. The third kappa shape index (κ3) is 2.57. The minimum Gasteiger partial charge on any atom is -0.328 e. The molecule has 2 aromatic rings. The number of rotatable bonds is 3. The first kappa shape index (κ1) is 12.3. The average Bonchev–Trinajstić information content (AvgIpc) is 2.32. The molecule has 0 saturated carbocycles. The van der Waals surface area contributed by atoms with Crippen LogP contribution in [0.1, 0.15) is 5.56 Å². The quantitative estimate of drug-likeness (QED) is 0.861.